The highest BCUT2D eigenvalue weighted by Crippen LogP contribution is 2.19. The fraction of sp³-hybridized carbons (Fsp3) is 0.438. The van der Waals surface area contributed by atoms with Gasteiger partial charge in [0.15, 0.2) is 0 Å². The lowest BCUT2D eigenvalue weighted by Crippen LogP contribution is -2.42. The molecule has 0 aliphatic carbocycles. The van der Waals surface area contributed by atoms with Crippen molar-refractivity contribution in [2.45, 2.75) is 20.4 Å². The fourth-order valence-corrected chi connectivity index (χ4v) is 1.80. The molecule has 1 rings (SSSR count). The Morgan fingerprint density at radius 3 is 2.50 bits per heavy atom. The Hall–Kier alpha value is -1.81. The van der Waals surface area contributed by atoms with Crippen LogP contribution in [0, 0.1) is 5.41 Å². The second-order valence-corrected chi connectivity index (χ2v) is 5.49. The predicted octanol–water partition coefficient (Wildman–Crippen LogP) is 2.19. The van der Waals surface area contributed by atoms with E-state index in [1.807, 2.05) is 38.1 Å². The van der Waals surface area contributed by atoms with Crippen LogP contribution in [0.4, 0.5) is 0 Å². The largest absolute Gasteiger partial charge is 0.490 e. The van der Waals surface area contributed by atoms with E-state index in [-0.39, 0.29) is 5.91 Å². The highest BCUT2D eigenvalue weighted by Gasteiger charge is 2.28. The van der Waals surface area contributed by atoms with Gasteiger partial charge in [0.05, 0.1) is 5.41 Å². The van der Waals surface area contributed by atoms with Crippen LogP contribution in [0.3, 0.4) is 0 Å². The number of ether oxygens (including phenoxy) is 1. The first kappa shape index (κ1) is 16.2. The number of nitrogens with zero attached hydrogens (tertiary/aromatic N) is 1. The maximum atomic E-state index is 12.2. The zero-order chi connectivity index (χ0) is 15.2. The van der Waals surface area contributed by atoms with Crippen molar-refractivity contribution in [3.8, 4) is 5.75 Å². The molecule has 0 fully saturated rings. The predicted molar refractivity (Wildman–Crippen MR) is 81.4 cm³/mol. The zero-order valence-corrected chi connectivity index (χ0v) is 12.6. The minimum atomic E-state index is -0.526. The van der Waals surface area contributed by atoms with E-state index in [9.17, 15) is 4.79 Å². The zero-order valence-electron chi connectivity index (χ0n) is 12.6. The van der Waals surface area contributed by atoms with Crippen molar-refractivity contribution in [1.82, 2.24) is 4.90 Å². The van der Waals surface area contributed by atoms with Crippen molar-refractivity contribution in [2.24, 2.45) is 11.1 Å². The van der Waals surface area contributed by atoms with Crippen LogP contribution in [0.1, 0.15) is 19.4 Å². The molecule has 0 heterocycles. The number of benzene rings is 1. The molecule has 110 valence electrons. The van der Waals surface area contributed by atoms with Gasteiger partial charge in [0, 0.05) is 20.1 Å². The standard InChI is InChI=1S/C16H24N2O2/c1-5-10-20-14-8-6-13(7-9-14)11-18(4)15(19)16(2,3)12-17/h5-9H,1,10-12,17H2,2-4H3. The summed E-state index contributed by atoms with van der Waals surface area (Å²) in [5.74, 6) is 0.844. The van der Waals surface area contributed by atoms with Crippen LogP contribution in [-0.4, -0.2) is 31.0 Å². The lowest BCUT2D eigenvalue weighted by Gasteiger charge is -2.28. The third kappa shape index (κ3) is 4.38. The smallest absolute Gasteiger partial charge is 0.229 e. The van der Waals surface area contributed by atoms with Crippen LogP contribution in [0.25, 0.3) is 0 Å². The Bertz CT molecular complexity index is 452. The topological polar surface area (TPSA) is 55.6 Å². The molecule has 0 saturated carbocycles. The lowest BCUT2D eigenvalue weighted by molar-refractivity contribution is -0.139. The van der Waals surface area contributed by atoms with Gasteiger partial charge in [0.25, 0.3) is 0 Å². The van der Waals surface area contributed by atoms with Gasteiger partial charge in [-0.05, 0) is 31.5 Å². The van der Waals surface area contributed by atoms with E-state index in [1.165, 1.54) is 0 Å². The summed E-state index contributed by atoms with van der Waals surface area (Å²) in [6.07, 6.45) is 1.70. The van der Waals surface area contributed by atoms with Gasteiger partial charge in [-0.3, -0.25) is 4.79 Å². The van der Waals surface area contributed by atoms with Crippen molar-refractivity contribution in [1.29, 1.82) is 0 Å². The summed E-state index contributed by atoms with van der Waals surface area (Å²) >= 11 is 0. The van der Waals surface area contributed by atoms with E-state index in [0.29, 0.717) is 19.7 Å². The van der Waals surface area contributed by atoms with Crippen molar-refractivity contribution in [2.75, 3.05) is 20.2 Å². The number of hydrogen-bond donors (Lipinski definition) is 1. The third-order valence-electron chi connectivity index (χ3n) is 3.15. The van der Waals surface area contributed by atoms with Gasteiger partial charge in [0.1, 0.15) is 12.4 Å². The van der Waals surface area contributed by atoms with Crippen LogP contribution < -0.4 is 10.5 Å². The Morgan fingerprint density at radius 2 is 2.00 bits per heavy atom. The Morgan fingerprint density at radius 1 is 1.40 bits per heavy atom. The Balaban J connectivity index is 2.64. The molecule has 0 atom stereocenters. The molecule has 0 saturated heterocycles. The summed E-state index contributed by atoms with van der Waals surface area (Å²) in [6, 6.07) is 7.70. The van der Waals surface area contributed by atoms with Crippen molar-refractivity contribution >= 4 is 5.91 Å². The van der Waals surface area contributed by atoms with Crippen LogP contribution in [-0.2, 0) is 11.3 Å². The number of amides is 1. The molecule has 4 heteroatoms. The molecular formula is C16H24N2O2. The van der Waals surface area contributed by atoms with Gasteiger partial charge in [-0.25, -0.2) is 0 Å². The summed E-state index contributed by atoms with van der Waals surface area (Å²) in [5.41, 5.74) is 6.16. The molecule has 1 amide bonds. The number of hydrogen-bond acceptors (Lipinski definition) is 3. The molecule has 1 aromatic rings. The molecule has 2 N–H and O–H groups in total. The minimum Gasteiger partial charge on any atom is -0.490 e. The normalized spacial score (nSPS) is 11.0. The summed E-state index contributed by atoms with van der Waals surface area (Å²) in [5, 5.41) is 0. The second kappa shape index (κ2) is 7.10. The Kier molecular flexibility index (Phi) is 5.77. The number of carbonyl (C=O) groups is 1. The first-order valence-electron chi connectivity index (χ1n) is 6.69. The highest BCUT2D eigenvalue weighted by atomic mass is 16.5. The molecular weight excluding hydrogens is 252 g/mol. The Labute approximate surface area is 121 Å². The van der Waals surface area contributed by atoms with Gasteiger partial charge in [-0.2, -0.15) is 0 Å². The molecule has 0 spiro atoms. The van der Waals surface area contributed by atoms with E-state index in [2.05, 4.69) is 6.58 Å². The number of carbonyl (C=O) groups excluding carboxylic acids is 1. The maximum absolute atomic E-state index is 12.2. The van der Waals surface area contributed by atoms with Crippen LogP contribution in [0.15, 0.2) is 36.9 Å². The maximum Gasteiger partial charge on any atom is 0.229 e. The average Bonchev–Trinajstić information content (AvgIpc) is 2.45. The van der Waals surface area contributed by atoms with Gasteiger partial charge in [0.2, 0.25) is 5.91 Å². The van der Waals surface area contributed by atoms with E-state index < -0.39 is 5.41 Å². The van der Waals surface area contributed by atoms with E-state index in [0.717, 1.165) is 11.3 Å². The summed E-state index contributed by atoms with van der Waals surface area (Å²) in [7, 11) is 1.79. The molecule has 20 heavy (non-hydrogen) atoms. The van der Waals surface area contributed by atoms with Crippen molar-refractivity contribution in [3.05, 3.63) is 42.5 Å². The van der Waals surface area contributed by atoms with E-state index >= 15 is 0 Å². The molecule has 4 nitrogen and oxygen atoms in total. The van der Waals surface area contributed by atoms with E-state index in [1.54, 1.807) is 18.0 Å². The minimum absolute atomic E-state index is 0.0481. The van der Waals surface area contributed by atoms with Crippen LogP contribution in [0.2, 0.25) is 0 Å². The number of rotatable bonds is 7. The SMILES string of the molecule is C=CCOc1ccc(CN(C)C(=O)C(C)(C)CN)cc1. The molecule has 0 aliphatic heterocycles. The summed E-state index contributed by atoms with van der Waals surface area (Å²) in [6.45, 7) is 8.71. The average molecular weight is 276 g/mol. The number of nitrogens with two attached hydrogens (primary N) is 1. The van der Waals surface area contributed by atoms with Gasteiger partial charge < -0.3 is 15.4 Å². The molecule has 0 bridgehead atoms. The van der Waals surface area contributed by atoms with Crippen molar-refractivity contribution in [3.63, 3.8) is 0 Å². The van der Waals surface area contributed by atoms with Crippen LogP contribution in [0.5, 0.6) is 5.75 Å². The highest BCUT2D eigenvalue weighted by molar-refractivity contribution is 5.81. The van der Waals surface area contributed by atoms with Gasteiger partial charge in [-0.15, -0.1) is 0 Å². The summed E-state index contributed by atoms with van der Waals surface area (Å²) < 4.78 is 5.42. The van der Waals surface area contributed by atoms with Crippen LogP contribution >= 0.6 is 0 Å². The molecule has 0 aliphatic rings. The monoisotopic (exact) mass is 276 g/mol. The quantitative estimate of drug-likeness (QED) is 0.777. The second-order valence-electron chi connectivity index (χ2n) is 5.49. The van der Waals surface area contributed by atoms with Gasteiger partial charge >= 0.3 is 0 Å². The molecule has 1 aromatic carbocycles. The molecule has 0 aromatic heterocycles. The molecule has 0 unspecified atom stereocenters. The first-order chi connectivity index (χ1) is 9.40. The molecule has 0 radical (unpaired) electrons. The third-order valence-corrected chi connectivity index (χ3v) is 3.15. The van der Waals surface area contributed by atoms with Crippen molar-refractivity contribution < 1.29 is 9.53 Å². The lowest BCUT2D eigenvalue weighted by atomic mass is 9.92. The van der Waals surface area contributed by atoms with E-state index in [4.69, 9.17) is 10.5 Å². The summed E-state index contributed by atoms with van der Waals surface area (Å²) in [4.78, 5) is 13.9. The fourth-order valence-electron chi connectivity index (χ4n) is 1.80. The first-order valence-corrected chi connectivity index (χ1v) is 6.69. The van der Waals surface area contributed by atoms with Gasteiger partial charge in [-0.1, -0.05) is 24.8 Å².